The second kappa shape index (κ2) is 6.18. The normalized spacial score (nSPS) is 17.9. The van der Waals surface area contributed by atoms with Gasteiger partial charge in [-0.1, -0.05) is 18.2 Å². The average molecular weight is 325 g/mol. The highest BCUT2D eigenvalue weighted by Crippen LogP contribution is 2.32. The van der Waals surface area contributed by atoms with Crippen molar-refractivity contribution in [2.45, 2.75) is 25.7 Å². The van der Waals surface area contributed by atoms with Gasteiger partial charge in [-0.25, -0.2) is 4.98 Å². The third kappa shape index (κ3) is 2.90. The van der Waals surface area contributed by atoms with E-state index in [1.165, 1.54) is 10.4 Å². The highest BCUT2D eigenvalue weighted by molar-refractivity contribution is 7.09. The maximum atomic E-state index is 5.29. The minimum absolute atomic E-state index is 0.352. The molecule has 0 saturated heterocycles. The standard InChI is InChI=1S/C18H19N3OS/c1-22-15-6-4-14(5-7-15)17-12-20-9-8-19-18(20)13-21(17)11-16-3-2-10-23-16/h2-10,17H,11-13H2,1H3/t17-/m0/s1. The molecule has 2 aromatic heterocycles. The van der Waals surface area contributed by atoms with Crippen molar-refractivity contribution in [3.05, 3.63) is 70.4 Å². The first-order valence-corrected chi connectivity index (χ1v) is 8.62. The molecule has 3 aromatic rings. The van der Waals surface area contributed by atoms with Crippen LogP contribution in [0.3, 0.4) is 0 Å². The van der Waals surface area contributed by atoms with Crippen molar-refractivity contribution in [3.8, 4) is 5.75 Å². The number of methoxy groups -OCH3 is 1. The molecule has 0 N–H and O–H groups in total. The summed E-state index contributed by atoms with van der Waals surface area (Å²) in [6.45, 7) is 2.77. The summed E-state index contributed by atoms with van der Waals surface area (Å²) in [4.78, 5) is 8.40. The summed E-state index contributed by atoms with van der Waals surface area (Å²) in [5, 5.41) is 2.14. The van der Waals surface area contributed by atoms with Crippen molar-refractivity contribution in [2.24, 2.45) is 0 Å². The first-order valence-electron chi connectivity index (χ1n) is 7.74. The zero-order valence-corrected chi connectivity index (χ0v) is 13.9. The Morgan fingerprint density at radius 2 is 2.13 bits per heavy atom. The molecule has 4 rings (SSSR count). The van der Waals surface area contributed by atoms with Crippen LogP contribution in [0.2, 0.25) is 0 Å². The summed E-state index contributed by atoms with van der Waals surface area (Å²) < 4.78 is 7.55. The number of thiophene rings is 1. The highest BCUT2D eigenvalue weighted by atomic mass is 32.1. The molecule has 5 heteroatoms. The van der Waals surface area contributed by atoms with Crippen LogP contribution in [-0.4, -0.2) is 21.6 Å². The van der Waals surface area contributed by atoms with E-state index in [1.54, 1.807) is 7.11 Å². The highest BCUT2D eigenvalue weighted by Gasteiger charge is 2.28. The van der Waals surface area contributed by atoms with E-state index in [0.717, 1.165) is 31.2 Å². The molecule has 1 aliphatic heterocycles. The third-order valence-electron chi connectivity index (χ3n) is 4.40. The van der Waals surface area contributed by atoms with Gasteiger partial charge in [0.15, 0.2) is 0 Å². The van der Waals surface area contributed by atoms with Gasteiger partial charge in [0.2, 0.25) is 0 Å². The molecule has 23 heavy (non-hydrogen) atoms. The Morgan fingerprint density at radius 1 is 1.26 bits per heavy atom. The van der Waals surface area contributed by atoms with Crippen LogP contribution in [0.1, 0.15) is 22.3 Å². The molecule has 0 radical (unpaired) electrons. The number of imidazole rings is 1. The van der Waals surface area contributed by atoms with Crippen LogP contribution >= 0.6 is 11.3 Å². The molecule has 0 fully saturated rings. The van der Waals surface area contributed by atoms with Gasteiger partial charge < -0.3 is 9.30 Å². The van der Waals surface area contributed by atoms with Crippen LogP contribution in [0.5, 0.6) is 5.75 Å². The van der Waals surface area contributed by atoms with Gasteiger partial charge in [-0.15, -0.1) is 11.3 Å². The lowest BCUT2D eigenvalue weighted by Gasteiger charge is -2.36. The van der Waals surface area contributed by atoms with Gasteiger partial charge in [-0.05, 0) is 29.1 Å². The molecule has 1 aromatic carbocycles. The molecule has 4 nitrogen and oxygen atoms in total. The zero-order chi connectivity index (χ0) is 15.6. The lowest BCUT2D eigenvalue weighted by molar-refractivity contribution is 0.129. The summed E-state index contributed by atoms with van der Waals surface area (Å²) in [5.74, 6) is 2.05. The number of benzene rings is 1. The molecule has 118 valence electrons. The van der Waals surface area contributed by atoms with E-state index in [-0.39, 0.29) is 0 Å². The van der Waals surface area contributed by atoms with E-state index in [2.05, 4.69) is 50.3 Å². The first kappa shape index (κ1) is 14.5. The maximum absolute atomic E-state index is 5.29. The Bertz CT molecular complexity index is 764. The van der Waals surface area contributed by atoms with Crippen LogP contribution in [0.25, 0.3) is 0 Å². The second-order valence-corrected chi connectivity index (χ2v) is 6.80. The van der Waals surface area contributed by atoms with E-state index in [9.17, 15) is 0 Å². The molecule has 0 bridgehead atoms. The molecule has 1 atom stereocenters. The van der Waals surface area contributed by atoms with Gasteiger partial charge in [-0.2, -0.15) is 0 Å². The SMILES string of the molecule is COc1ccc([C@@H]2Cn3ccnc3CN2Cc2cccs2)cc1. The monoisotopic (exact) mass is 325 g/mol. The van der Waals surface area contributed by atoms with Gasteiger partial charge in [0.25, 0.3) is 0 Å². The smallest absolute Gasteiger partial charge is 0.122 e. The Morgan fingerprint density at radius 3 is 2.87 bits per heavy atom. The minimum atomic E-state index is 0.352. The number of ether oxygens (including phenoxy) is 1. The topological polar surface area (TPSA) is 30.3 Å². The lowest BCUT2D eigenvalue weighted by atomic mass is 10.0. The number of nitrogens with zero attached hydrogens (tertiary/aromatic N) is 3. The Hall–Kier alpha value is -2.11. The molecule has 3 heterocycles. The van der Waals surface area contributed by atoms with Crippen LogP contribution in [-0.2, 0) is 19.6 Å². The van der Waals surface area contributed by atoms with Crippen molar-refractivity contribution < 1.29 is 4.74 Å². The Labute approximate surface area is 140 Å². The van der Waals surface area contributed by atoms with Crippen LogP contribution in [0.4, 0.5) is 0 Å². The maximum Gasteiger partial charge on any atom is 0.122 e. The van der Waals surface area contributed by atoms with E-state index >= 15 is 0 Å². The fourth-order valence-electron chi connectivity index (χ4n) is 3.16. The molecule has 0 saturated carbocycles. The predicted molar refractivity (Wildman–Crippen MR) is 91.5 cm³/mol. The van der Waals surface area contributed by atoms with Gasteiger partial charge in [0.1, 0.15) is 11.6 Å². The van der Waals surface area contributed by atoms with Crippen molar-refractivity contribution in [1.29, 1.82) is 0 Å². The molecular formula is C18H19N3OS. The molecule has 0 aliphatic carbocycles. The van der Waals surface area contributed by atoms with E-state index in [0.29, 0.717) is 6.04 Å². The number of fused-ring (bicyclic) bond motifs is 1. The Kier molecular flexibility index (Phi) is 3.89. The average Bonchev–Trinajstić information content (AvgIpc) is 3.25. The number of hydrogen-bond acceptors (Lipinski definition) is 4. The van der Waals surface area contributed by atoms with Crippen LogP contribution in [0, 0.1) is 0 Å². The number of hydrogen-bond donors (Lipinski definition) is 0. The lowest BCUT2D eigenvalue weighted by Crippen LogP contribution is -2.36. The number of rotatable bonds is 4. The van der Waals surface area contributed by atoms with Crippen LogP contribution in [0.15, 0.2) is 54.2 Å². The fourth-order valence-corrected chi connectivity index (χ4v) is 3.89. The summed E-state index contributed by atoms with van der Waals surface area (Å²) in [6.07, 6.45) is 3.98. The summed E-state index contributed by atoms with van der Waals surface area (Å²) >= 11 is 1.81. The minimum Gasteiger partial charge on any atom is -0.497 e. The molecule has 0 amide bonds. The van der Waals surface area contributed by atoms with Gasteiger partial charge >= 0.3 is 0 Å². The number of aromatic nitrogens is 2. The van der Waals surface area contributed by atoms with Gasteiger partial charge in [0.05, 0.1) is 19.7 Å². The first-order chi connectivity index (χ1) is 11.3. The fraction of sp³-hybridized carbons (Fsp3) is 0.278. The van der Waals surface area contributed by atoms with E-state index in [4.69, 9.17) is 4.74 Å². The molecular weight excluding hydrogens is 306 g/mol. The molecule has 1 aliphatic rings. The third-order valence-corrected chi connectivity index (χ3v) is 5.26. The quantitative estimate of drug-likeness (QED) is 0.732. The zero-order valence-electron chi connectivity index (χ0n) is 13.1. The van der Waals surface area contributed by atoms with Gasteiger partial charge in [0, 0.05) is 30.4 Å². The summed E-state index contributed by atoms with van der Waals surface area (Å²) in [7, 11) is 1.70. The van der Waals surface area contributed by atoms with Gasteiger partial charge in [-0.3, -0.25) is 4.90 Å². The molecule has 0 unspecified atom stereocenters. The molecule has 0 spiro atoms. The summed E-state index contributed by atoms with van der Waals surface area (Å²) in [6, 6.07) is 13.1. The van der Waals surface area contributed by atoms with E-state index in [1.807, 2.05) is 29.7 Å². The van der Waals surface area contributed by atoms with E-state index < -0.39 is 0 Å². The van der Waals surface area contributed by atoms with Crippen molar-refractivity contribution in [1.82, 2.24) is 14.5 Å². The Balaban J connectivity index is 1.65. The van der Waals surface area contributed by atoms with Crippen molar-refractivity contribution >= 4 is 11.3 Å². The van der Waals surface area contributed by atoms with Crippen molar-refractivity contribution in [2.75, 3.05) is 7.11 Å². The predicted octanol–water partition coefficient (Wildman–Crippen LogP) is 3.71. The summed E-state index contributed by atoms with van der Waals surface area (Å²) in [5.41, 5.74) is 1.32. The largest absolute Gasteiger partial charge is 0.497 e. The van der Waals surface area contributed by atoms with Crippen molar-refractivity contribution in [3.63, 3.8) is 0 Å². The van der Waals surface area contributed by atoms with Crippen LogP contribution < -0.4 is 4.74 Å². The second-order valence-electron chi connectivity index (χ2n) is 5.77.